The summed E-state index contributed by atoms with van der Waals surface area (Å²) in [5, 5.41) is 0. The first-order valence-corrected chi connectivity index (χ1v) is 5.89. The van der Waals surface area contributed by atoms with E-state index >= 15 is 0 Å². The van der Waals surface area contributed by atoms with Crippen LogP contribution in [0.25, 0.3) is 0 Å². The van der Waals surface area contributed by atoms with Gasteiger partial charge in [-0.15, -0.1) is 0 Å². The molecule has 1 aromatic rings. The van der Waals surface area contributed by atoms with Gasteiger partial charge in [-0.1, -0.05) is 0 Å². The molecule has 1 fully saturated rings. The van der Waals surface area contributed by atoms with Crippen molar-refractivity contribution in [1.29, 1.82) is 0 Å². The molecule has 0 unspecified atom stereocenters. The Hall–Kier alpha value is -1.62. The Labute approximate surface area is 99.6 Å². The standard InChI is InChI=1S/C12H17N3O2/c13-6-9-2-1-5-15(8-9)12(17)10-3-4-11(16)14-7-10/h3-4,7,9H,1-2,5-6,8,13H2,(H,14,16)/t9-/m1/s1. The van der Waals surface area contributed by atoms with Gasteiger partial charge in [0, 0.05) is 25.4 Å². The lowest BCUT2D eigenvalue weighted by molar-refractivity contribution is 0.0677. The molecule has 0 aliphatic carbocycles. The molecule has 2 heterocycles. The van der Waals surface area contributed by atoms with Crippen LogP contribution in [0.2, 0.25) is 0 Å². The first-order valence-electron chi connectivity index (χ1n) is 5.89. The quantitative estimate of drug-likeness (QED) is 0.767. The number of rotatable bonds is 2. The summed E-state index contributed by atoms with van der Waals surface area (Å²) in [4.78, 5) is 27.4. The second kappa shape index (κ2) is 5.14. The van der Waals surface area contributed by atoms with Crippen molar-refractivity contribution in [3.8, 4) is 0 Å². The number of piperidine rings is 1. The minimum atomic E-state index is -0.194. The van der Waals surface area contributed by atoms with Crippen molar-refractivity contribution in [2.24, 2.45) is 11.7 Å². The van der Waals surface area contributed by atoms with Crippen molar-refractivity contribution >= 4 is 5.91 Å². The number of hydrogen-bond acceptors (Lipinski definition) is 3. The number of nitrogens with zero attached hydrogens (tertiary/aromatic N) is 1. The zero-order chi connectivity index (χ0) is 12.3. The Morgan fingerprint density at radius 3 is 3.00 bits per heavy atom. The lowest BCUT2D eigenvalue weighted by Crippen LogP contribution is -2.42. The highest BCUT2D eigenvalue weighted by molar-refractivity contribution is 5.93. The lowest BCUT2D eigenvalue weighted by atomic mass is 9.98. The summed E-state index contributed by atoms with van der Waals surface area (Å²) in [6.45, 7) is 2.11. The van der Waals surface area contributed by atoms with Crippen LogP contribution in [0, 0.1) is 5.92 Å². The van der Waals surface area contributed by atoms with Gasteiger partial charge in [-0.25, -0.2) is 0 Å². The van der Waals surface area contributed by atoms with E-state index in [1.165, 1.54) is 12.3 Å². The molecule has 0 aromatic carbocycles. The summed E-state index contributed by atoms with van der Waals surface area (Å²) in [7, 11) is 0. The van der Waals surface area contributed by atoms with Crippen LogP contribution in [-0.4, -0.2) is 35.4 Å². The predicted molar refractivity (Wildman–Crippen MR) is 64.7 cm³/mol. The largest absolute Gasteiger partial charge is 0.338 e. The monoisotopic (exact) mass is 235 g/mol. The van der Waals surface area contributed by atoms with Crippen molar-refractivity contribution in [2.45, 2.75) is 12.8 Å². The van der Waals surface area contributed by atoms with Crippen LogP contribution in [0.4, 0.5) is 0 Å². The maximum absolute atomic E-state index is 12.1. The van der Waals surface area contributed by atoms with E-state index in [1.54, 1.807) is 6.07 Å². The molecule has 17 heavy (non-hydrogen) atoms. The Morgan fingerprint density at radius 1 is 1.53 bits per heavy atom. The zero-order valence-corrected chi connectivity index (χ0v) is 9.69. The first kappa shape index (κ1) is 11.9. The minimum absolute atomic E-state index is 0.0283. The third-order valence-corrected chi connectivity index (χ3v) is 3.17. The molecule has 2 rings (SSSR count). The van der Waals surface area contributed by atoms with E-state index in [2.05, 4.69) is 4.98 Å². The van der Waals surface area contributed by atoms with E-state index in [9.17, 15) is 9.59 Å². The van der Waals surface area contributed by atoms with E-state index in [4.69, 9.17) is 5.73 Å². The molecule has 0 saturated carbocycles. The molecule has 5 nitrogen and oxygen atoms in total. The fourth-order valence-electron chi connectivity index (χ4n) is 2.17. The maximum atomic E-state index is 12.1. The third-order valence-electron chi connectivity index (χ3n) is 3.17. The van der Waals surface area contributed by atoms with Gasteiger partial charge in [0.15, 0.2) is 0 Å². The number of H-pyrrole nitrogens is 1. The zero-order valence-electron chi connectivity index (χ0n) is 9.69. The van der Waals surface area contributed by atoms with Crippen LogP contribution in [-0.2, 0) is 0 Å². The lowest BCUT2D eigenvalue weighted by Gasteiger charge is -2.32. The number of aromatic nitrogens is 1. The average molecular weight is 235 g/mol. The number of pyridine rings is 1. The summed E-state index contributed by atoms with van der Waals surface area (Å²) >= 11 is 0. The number of nitrogens with two attached hydrogens (primary N) is 1. The normalized spacial score (nSPS) is 20.3. The van der Waals surface area contributed by atoms with Crippen LogP contribution in [0.3, 0.4) is 0 Å². The first-order chi connectivity index (χ1) is 8.20. The Bertz CT molecular complexity index is 435. The van der Waals surface area contributed by atoms with E-state index in [0.29, 0.717) is 24.6 Å². The van der Waals surface area contributed by atoms with Crippen LogP contribution in [0.1, 0.15) is 23.2 Å². The highest BCUT2D eigenvalue weighted by atomic mass is 16.2. The van der Waals surface area contributed by atoms with E-state index in [1.807, 2.05) is 4.90 Å². The SMILES string of the molecule is NC[C@H]1CCCN(C(=O)c2ccc(=O)[nH]c2)C1. The number of carbonyl (C=O) groups is 1. The van der Waals surface area contributed by atoms with Gasteiger partial charge >= 0.3 is 0 Å². The summed E-state index contributed by atoms with van der Waals surface area (Å²) in [6.07, 6.45) is 3.56. The average Bonchev–Trinajstić information content (AvgIpc) is 2.39. The van der Waals surface area contributed by atoms with Gasteiger partial charge in [-0.05, 0) is 31.4 Å². The molecule has 1 atom stereocenters. The van der Waals surface area contributed by atoms with Gasteiger partial charge in [0.2, 0.25) is 5.56 Å². The third kappa shape index (κ3) is 2.74. The molecule has 5 heteroatoms. The van der Waals surface area contributed by atoms with Crippen LogP contribution in [0.15, 0.2) is 23.1 Å². The predicted octanol–water partition coefficient (Wildman–Crippen LogP) is 0.186. The Balaban J connectivity index is 2.09. The number of hydrogen-bond donors (Lipinski definition) is 2. The number of nitrogens with one attached hydrogen (secondary N) is 1. The minimum Gasteiger partial charge on any atom is -0.338 e. The van der Waals surface area contributed by atoms with Crippen LogP contribution < -0.4 is 11.3 Å². The van der Waals surface area contributed by atoms with Gasteiger partial charge < -0.3 is 15.6 Å². The second-order valence-electron chi connectivity index (χ2n) is 4.44. The van der Waals surface area contributed by atoms with E-state index < -0.39 is 0 Å². The van der Waals surface area contributed by atoms with Gasteiger partial charge in [0.1, 0.15) is 0 Å². The summed E-state index contributed by atoms with van der Waals surface area (Å²) < 4.78 is 0. The molecule has 0 bridgehead atoms. The molecule has 92 valence electrons. The number of amides is 1. The van der Waals surface area contributed by atoms with Crippen LogP contribution in [0.5, 0.6) is 0 Å². The second-order valence-corrected chi connectivity index (χ2v) is 4.44. The molecule has 0 spiro atoms. The topological polar surface area (TPSA) is 79.2 Å². The Kier molecular flexibility index (Phi) is 3.58. The summed E-state index contributed by atoms with van der Waals surface area (Å²) in [5.74, 6) is 0.370. The summed E-state index contributed by atoms with van der Waals surface area (Å²) in [5.41, 5.74) is 5.97. The van der Waals surface area contributed by atoms with Crippen LogP contribution >= 0.6 is 0 Å². The van der Waals surface area contributed by atoms with Crippen molar-refractivity contribution in [1.82, 2.24) is 9.88 Å². The molecule has 3 N–H and O–H groups in total. The number of carbonyl (C=O) groups excluding carboxylic acids is 1. The molecular formula is C12H17N3O2. The number of aromatic amines is 1. The van der Waals surface area contributed by atoms with Gasteiger partial charge in [-0.2, -0.15) is 0 Å². The molecule has 0 radical (unpaired) electrons. The molecule has 1 aliphatic rings. The van der Waals surface area contributed by atoms with Gasteiger partial charge in [0.25, 0.3) is 5.91 Å². The maximum Gasteiger partial charge on any atom is 0.255 e. The van der Waals surface area contributed by atoms with Crippen molar-refractivity contribution in [2.75, 3.05) is 19.6 Å². The van der Waals surface area contributed by atoms with Gasteiger partial charge in [0.05, 0.1) is 5.56 Å². The van der Waals surface area contributed by atoms with Crippen molar-refractivity contribution < 1.29 is 4.79 Å². The van der Waals surface area contributed by atoms with E-state index in [0.717, 1.165) is 19.4 Å². The number of likely N-dealkylation sites (tertiary alicyclic amines) is 1. The Morgan fingerprint density at radius 2 is 2.35 bits per heavy atom. The van der Waals surface area contributed by atoms with Crippen molar-refractivity contribution in [3.05, 3.63) is 34.2 Å². The highest BCUT2D eigenvalue weighted by Crippen LogP contribution is 2.17. The molecule has 1 aliphatic heterocycles. The molecule has 1 saturated heterocycles. The van der Waals surface area contributed by atoms with Gasteiger partial charge in [-0.3, -0.25) is 9.59 Å². The fraction of sp³-hybridized carbons (Fsp3) is 0.500. The molecular weight excluding hydrogens is 218 g/mol. The molecule has 1 aromatic heterocycles. The highest BCUT2D eigenvalue weighted by Gasteiger charge is 2.23. The molecule has 1 amide bonds. The fourth-order valence-corrected chi connectivity index (χ4v) is 2.17. The summed E-state index contributed by atoms with van der Waals surface area (Å²) in [6, 6.07) is 2.94. The van der Waals surface area contributed by atoms with E-state index in [-0.39, 0.29) is 11.5 Å². The van der Waals surface area contributed by atoms with Crippen molar-refractivity contribution in [3.63, 3.8) is 0 Å². The smallest absolute Gasteiger partial charge is 0.255 e.